The molecule has 9 heteroatoms. The number of hydrogen-bond acceptors (Lipinski definition) is 7. The summed E-state index contributed by atoms with van der Waals surface area (Å²) in [6.07, 6.45) is -0.0416. The van der Waals surface area contributed by atoms with E-state index in [4.69, 9.17) is 9.15 Å². The molecule has 1 amide bonds. The number of esters is 1. The Kier molecular flexibility index (Phi) is 6.49. The second kappa shape index (κ2) is 9.06. The van der Waals surface area contributed by atoms with Gasteiger partial charge in [0.15, 0.2) is 6.61 Å². The standard InChI is InChI=1S/C21H24N2O7/c1-12-7-17(24)15(16(12)10-23(27)28)9-21(26)29-11-20(25)22-13(2)19-8-14-5-3-4-6-18(14)30-19/h3-6,8,12-13,15-16H,7,9-11H2,1-2H3,(H,22,25)/t12-,13-,15-,16+/m0/s1. The molecule has 1 saturated carbocycles. The van der Waals surface area contributed by atoms with Crippen molar-refractivity contribution in [1.82, 2.24) is 5.32 Å². The van der Waals surface area contributed by atoms with E-state index >= 15 is 0 Å². The van der Waals surface area contributed by atoms with Crippen LogP contribution in [-0.4, -0.2) is 35.7 Å². The third kappa shape index (κ3) is 5.03. The zero-order valence-corrected chi connectivity index (χ0v) is 16.8. The van der Waals surface area contributed by atoms with Crippen molar-refractivity contribution in [1.29, 1.82) is 0 Å². The Morgan fingerprint density at radius 1 is 1.37 bits per heavy atom. The molecule has 1 fully saturated rings. The average Bonchev–Trinajstić information content (AvgIpc) is 3.22. The van der Waals surface area contributed by atoms with E-state index in [1.807, 2.05) is 30.3 Å². The third-order valence-electron chi connectivity index (χ3n) is 5.54. The first-order chi connectivity index (χ1) is 14.2. The predicted octanol–water partition coefficient (Wildman–Crippen LogP) is 2.66. The highest BCUT2D eigenvalue weighted by molar-refractivity contribution is 5.88. The van der Waals surface area contributed by atoms with Crippen LogP contribution in [0.3, 0.4) is 0 Å². The number of benzene rings is 1. The van der Waals surface area contributed by atoms with Crippen LogP contribution in [0.1, 0.15) is 38.5 Å². The molecule has 3 rings (SSSR count). The Bertz CT molecular complexity index is 934. The number of furan rings is 1. The maximum atomic E-state index is 12.1. The number of nitrogens with zero attached hydrogens (tertiary/aromatic N) is 1. The van der Waals surface area contributed by atoms with Crippen LogP contribution in [0.4, 0.5) is 0 Å². The van der Waals surface area contributed by atoms with Crippen molar-refractivity contribution in [2.45, 2.75) is 32.7 Å². The van der Waals surface area contributed by atoms with Gasteiger partial charge in [0.2, 0.25) is 6.54 Å². The minimum absolute atomic E-state index is 0.159. The molecule has 0 saturated heterocycles. The van der Waals surface area contributed by atoms with Crippen LogP contribution >= 0.6 is 0 Å². The molecule has 30 heavy (non-hydrogen) atoms. The third-order valence-corrected chi connectivity index (χ3v) is 5.54. The number of rotatable bonds is 8. The molecule has 1 aliphatic carbocycles. The fourth-order valence-electron chi connectivity index (χ4n) is 3.95. The molecule has 9 nitrogen and oxygen atoms in total. The van der Waals surface area contributed by atoms with Crippen LogP contribution in [0, 0.1) is 27.9 Å². The number of carbonyl (C=O) groups excluding carboxylic acids is 3. The lowest BCUT2D eigenvalue weighted by atomic mass is 9.88. The van der Waals surface area contributed by atoms with Crippen molar-refractivity contribution in [3.8, 4) is 0 Å². The zero-order valence-electron chi connectivity index (χ0n) is 16.8. The van der Waals surface area contributed by atoms with Gasteiger partial charge in [-0.05, 0) is 25.0 Å². The summed E-state index contributed by atoms with van der Waals surface area (Å²) in [6.45, 7) is 2.66. The Morgan fingerprint density at radius 2 is 2.10 bits per heavy atom. The summed E-state index contributed by atoms with van der Waals surface area (Å²) in [5.41, 5.74) is 0.708. The van der Waals surface area contributed by atoms with Crippen LogP contribution in [0.25, 0.3) is 11.0 Å². The molecule has 1 heterocycles. The molecule has 0 aliphatic heterocycles. The van der Waals surface area contributed by atoms with Gasteiger partial charge in [-0.15, -0.1) is 0 Å². The van der Waals surface area contributed by atoms with E-state index in [2.05, 4.69) is 5.32 Å². The van der Waals surface area contributed by atoms with E-state index in [0.29, 0.717) is 11.3 Å². The van der Waals surface area contributed by atoms with Crippen molar-refractivity contribution < 1.29 is 28.5 Å². The maximum absolute atomic E-state index is 12.1. The lowest BCUT2D eigenvalue weighted by Gasteiger charge is -2.17. The molecular formula is C21H24N2O7. The molecule has 0 bridgehead atoms. The van der Waals surface area contributed by atoms with Gasteiger partial charge in [0.25, 0.3) is 5.91 Å². The lowest BCUT2D eigenvalue weighted by molar-refractivity contribution is -0.490. The molecular weight excluding hydrogens is 392 g/mol. The average molecular weight is 416 g/mol. The number of para-hydroxylation sites is 1. The number of ketones is 1. The number of amides is 1. The monoisotopic (exact) mass is 416 g/mol. The maximum Gasteiger partial charge on any atom is 0.307 e. The Hall–Kier alpha value is -3.23. The van der Waals surface area contributed by atoms with Gasteiger partial charge in [-0.25, -0.2) is 0 Å². The molecule has 2 aromatic rings. The van der Waals surface area contributed by atoms with Crippen LogP contribution in [0.15, 0.2) is 34.7 Å². The van der Waals surface area contributed by atoms with Gasteiger partial charge in [0.05, 0.1) is 12.5 Å². The van der Waals surface area contributed by atoms with Gasteiger partial charge in [0.1, 0.15) is 17.1 Å². The summed E-state index contributed by atoms with van der Waals surface area (Å²) >= 11 is 0. The summed E-state index contributed by atoms with van der Waals surface area (Å²) < 4.78 is 10.7. The highest BCUT2D eigenvalue weighted by Gasteiger charge is 2.44. The second-order valence-electron chi connectivity index (χ2n) is 7.77. The van der Waals surface area contributed by atoms with Crippen LogP contribution < -0.4 is 5.32 Å². The number of carbonyl (C=O) groups is 3. The topological polar surface area (TPSA) is 129 Å². The van der Waals surface area contributed by atoms with Gasteiger partial charge in [-0.3, -0.25) is 24.5 Å². The molecule has 1 N–H and O–H groups in total. The van der Waals surface area contributed by atoms with E-state index in [1.165, 1.54) is 0 Å². The molecule has 1 aromatic heterocycles. The number of fused-ring (bicyclic) bond motifs is 1. The van der Waals surface area contributed by atoms with E-state index in [9.17, 15) is 24.5 Å². The SMILES string of the molecule is C[C@H](NC(=O)COC(=O)C[C@@H]1C(=O)C[C@H](C)[C@H]1C[N+](=O)[O-])c1cc2ccccc2o1. The van der Waals surface area contributed by atoms with Gasteiger partial charge in [-0.2, -0.15) is 0 Å². The quantitative estimate of drug-likeness (QED) is 0.398. The second-order valence-corrected chi connectivity index (χ2v) is 7.77. The van der Waals surface area contributed by atoms with Crippen LogP contribution in [0.2, 0.25) is 0 Å². The first kappa shape index (κ1) is 21.5. The van der Waals surface area contributed by atoms with E-state index < -0.39 is 41.3 Å². The smallest absolute Gasteiger partial charge is 0.307 e. The molecule has 160 valence electrons. The summed E-state index contributed by atoms with van der Waals surface area (Å²) in [4.78, 5) is 46.7. The number of hydrogen-bond donors (Lipinski definition) is 1. The van der Waals surface area contributed by atoms with Gasteiger partial charge >= 0.3 is 5.97 Å². The van der Waals surface area contributed by atoms with Gasteiger partial charge in [0, 0.05) is 28.6 Å². The highest BCUT2D eigenvalue weighted by Crippen LogP contribution is 2.36. The summed E-state index contributed by atoms with van der Waals surface area (Å²) in [5.74, 6) is -2.23. The molecule has 0 spiro atoms. The Balaban J connectivity index is 1.49. The minimum atomic E-state index is -0.740. The molecule has 0 unspecified atom stereocenters. The summed E-state index contributed by atoms with van der Waals surface area (Å²) in [5, 5.41) is 14.5. The predicted molar refractivity (Wildman–Crippen MR) is 106 cm³/mol. The lowest BCUT2D eigenvalue weighted by Crippen LogP contribution is -2.32. The van der Waals surface area contributed by atoms with E-state index in [0.717, 1.165) is 5.39 Å². The van der Waals surface area contributed by atoms with Crippen LogP contribution in [0.5, 0.6) is 0 Å². The molecule has 0 radical (unpaired) electrons. The number of ether oxygens (including phenoxy) is 1. The normalized spacial score (nSPS) is 22.1. The van der Waals surface area contributed by atoms with Crippen molar-refractivity contribution in [3.63, 3.8) is 0 Å². The summed E-state index contributed by atoms with van der Waals surface area (Å²) in [7, 11) is 0. The Labute approximate surface area is 172 Å². The number of nitro groups is 1. The minimum Gasteiger partial charge on any atom is -0.459 e. The first-order valence-corrected chi connectivity index (χ1v) is 9.82. The fraction of sp³-hybridized carbons (Fsp3) is 0.476. The van der Waals surface area contributed by atoms with Crippen molar-refractivity contribution in [2.24, 2.45) is 17.8 Å². The highest BCUT2D eigenvalue weighted by atomic mass is 16.6. The first-order valence-electron chi connectivity index (χ1n) is 9.82. The van der Waals surface area contributed by atoms with Crippen molar-refractivity contribution >= 4 is 28.6 Å². The fourth-order valence-corrected chi connectivity index (χ4v) is 3.95. The summed E-state index contributed by atoms with van der Waals surface area (Å²) in [6, 6.07) is 8.86. The molecule has 1 aromatic carbocycles. The molecule has 1 aliphatic rings. The van der Waals surface area contributed by atoms with Crippen molar-refractivity contribution in [2.75, 3.05) is 13.2 Å². The van der Waals surface area contributed by atoms with Gasteiger partial charge < -0.3 is 14.5 Å². The zero-order chi connectivity index (χ0) is 21.8. The van der Waals surface area contributed by atoms with E-state index in [1.54, 1.807) is 13.8 Å². The van der Waals surface area contributed by atoms with Gasteiger partial charge in [-0.1, -0.05) is 25.1 Å². The number of Topliss-reactive ketones (excluding diaryl/α,β-unsaturated/α-hetero) is 1. The largest absolute Gasteiger partial charge is 0.459 e. The van der Waals surface area contributed by atoms with Crippen LogP contribution in [-0.2, 0) is 19.1 Å². The molecule has 4 atom stereocenters. The van der Waals surface area contributed by atoms with Crippen molar-refractivity contribution in [3.05, 3.63) is 46.2 Å². The Morgan fingerprint density at radius 3 is 2.80 bits per heavy atom. The number of nitrogens with one attached hydrogen (secondary N) is 1. The van der Waals surface area contributed by atoms with E-state index in [-0.39, 0.29) is 31.1 Å².